The van der Waals surface area contributed by atoms with Crippen LogP contribution in [0.5, 0.6) is 0 Å². The number of nitrogens with one attached hydrogen (secondary N) is 2. The molecular formula is C13H13N5O. The van der Waals surface area contributed by atoms with E-state index in [9.17, 15) is 4.79 Å². The van der Waals surface area contributed by atoms with E-state index in [0.717, 1.165) is 16.6 Å². The molecule has 0 spiro atoms. The average Bonchev–Trinajstić information content (AvgIpc) is 2.94. The fourth-order valence-corrected chi connectivity index (χ4v) is 2.04. The minimum Gasteiger partial charge on any atom is -0.322 e. The Morgan fingerprint density at radius 1 is 1.42 bits per heavy atom. The maximum atomic E-state index is 12.1. The van der Waals surface area contributed by atoms with Gasteiger partial charge in [0.25, 0.3) is 5.91 Å². The number of aromatic amines is 1. The number of hydrogen-bond acceptors (Lipinski definition) is 3. The van der Waals surface area contributed by atoms with E-state index in [4.69, 9.17) is 0 Å². The van der Waals surface area contributed by atoms with E-state index in [-0.39, 0.29) is 5.91 Å². The molecule has 3 rings (SSSR count). The molecule has 0 bridgehead atoms. The van der Waals surface area contributed by atoms with Crippen LogP contribution in [0.25, 0.3) is 10.9 Å². The largest absolute Gasteiger partial charge is 0.322 e. The molecule has 0 atom stereocenters. The number of aromatic nitrogens is 4. The summed E-state index contributed by atoms with van der Waals surface area (Å²) in [6.07, 6.45) is 3.45. The smallest absolute Gasteiger partial charge is 0.259 e. The maximum Gasteiger partial charge on any atom is 0.259 e. The van der Waals surface area contributed by atoms with Gasteiger partial charge in [-0.15, -0.1) is 0 Å². The summed E-state index contributed by atoms with van der Waals surface area (Å²) in [5.41, 5.74) is 2.90. The van der Waals surface area contributed by atoms with Crippen molar-refractivity contribution in [1.29, 1.82) is 0 Å². The number of rotatable bonds is 2. The number of aryl methyl sites for hydroxylation is 2. The van der Waals surface area contributed by atoms with Gasteiger partial charge in [0, 0.05) is 24.3 Å². The van der Waals surface area contributed by atoms with E-state index in [1.54, 1.807) is 24.1 Å². The summed E-state index contributed by atoms with van der Waals surface area (Å²) in [5.74, 6) is -0.163. The SMILES string of the molecule is Cc1nn(C)cc1C(=O)Nc1ccc2cn[nH]c2c1. The Hall–Kier alpha value is -2.63. The summed E-state index contributed by atoms with van der Waals surface area (Å²) >= 11 is 0. The lowest BCUT2D eigenvalue weighted by Crippen LogP contribution is -2.12. The highest BCUT2D eigenvalue weighted by Crippen LogP contribution is 2.17. The molecule has 2 heterocycles. The van der Waals surface area contributed by atoms with Crippen molar-refractivity contribution in [2.75, 3.05) is 5.32 Å². The van der Waals surface area contributed by atoms with Gasteiger partial charge in [0.15, 0.2) is 0 Å². The van der Waals surface area contributed by atoms with Crippen molar-refractivity contribution >= 4 is 22.5 Å². The highest BCUT2D eigenvalue weighted by Gasteiger charge is 2.12. The quantitative estimate of drug-likeness (QED) is 0.733. The van der Waals surface area contributed by atoms with Gasteiger partial charge in [0.1, 0.15) is 0 Å². The zero-order valence-corrected chi connectivity index (χ0v) is 10.6. The Labute approximate surface area is 109 Å². The number of fused-ring (bicyclic) bond motifs is 1. The van der Waals surface area contributed by atoms with Crippen LogP contribution in [0.1, 0.15) is 16.1 Å². The monoisotopic (exact) mass is 255 g/mol. The normalized spacial score (nSPS) is 10.8. The lowest BCUT2D eigenvalue weighted by Gasteiger charge is -2.04. The van der Waals surface area contributed by atoms with Crippen molar-refractivity contribution < 1.29 is 4.79 Å². The van der Waals surface area contributed by atoms with Gasteiger partial charge in [-0.3, -0.25) is 14.6 Å². The Balaban J connectivity index is 1.88. The lowest BCUT2D eigenvalue weighted by molar-refractivity contribution is 0.102. The number of benzene rings is 1. The standard InChI is InChI=1S/C13H13N5O/c1-8-11(7-18(2)17-8)13(19)15-10-4-3-9-6-14-16-12(9)5-10/h3-7H,1-2H3,(H,14,16)(H,15,19). The fourth-order valence-electron chi connectivity index (χ4n) is 2.04. The van der Waals surface area contributed by atoms with E-state index >= 15 is 0 Å². The predicted molar refractivity (Wildman–Crippen MR) is 72.0 cm³/mol. The first-order valence-corrected chi connectivity index (χ1v) is 5.88. The Bertz CT molecular complexity index is 755. The molecule has 0 fully saturated rings. The van der Waals surface area contributed by atoms with Gasteiger partial charge in [0.05, 0.1) is 23.0 Å². The predicted octanol–water partition coefficient (Wildman–Crippen LogP) is 1.86. The van der Waals surface area contributed by atoms with Gasteiger partial charge < -0.3 is 5.32 Å². The van der Waals surface area contributed by atoms with Gasteiger partial charge in [-0.25, -0.2) is 0 Å². The van der Waals surface area contributed by atoms with Crippen LogP contribution in [-0.4, -0.2) is 25.9 Å². The van der Waals surface area contributed by atoms with Crippen molar-refractivity contribution in [2.45, 2.75) is 6.92 Å². The molecule has 0 aliphatic heterocycles. The molecule has 1 amide bonds. The topological polar surface area (TPSA) is 75.6 Å². The molecule has 96 valence electrons. The van der Waals surface area contributed by atoms with E-state index in [0.29, 0.717) is 11.3 Å². The van der Waals surface area contributed by atoms with Crippen LogP contribution in [-0.2, 0) is 7.05 Å². The maximum absolute atomic E-state index is 12.1. The minimum absolute atomic E-state index is 0.163. The zero-order valence-electron chi connectivity index (χ0n) is 10.6. The first-order valence-electron chi connectivity index (χ1n) is 5.88. The third kappa shape index (κ3) is 2.08. The number of nitrogens with zero attached hydrogens (tertiary/aromatic N) is 3. The van der Waals surface area contributed by atoms with Crippen molar-refractivity contribution in [1.82, 2.24) is 20.0 Å². The summed E-state index contributed by atoms with van der Waals surface area (Å²) in [6.45, 7) is 1.81. The van der Waals surface area contributed by atoms with Crippen LogP contribution in [0.4, 0.5) is 5.69 Å². The third-order valence-electron chi connectivity index (χ3n) is 2.96. The fraction of sp³-hybridized carbons (Fsp3) is 0.154. The summed E-state index contributed by atoms with van der Waals surface area (Å²) in [5, 5.41) is 14.8. The second-order valence-corrected chi connectivity index (χ2v) is 4.43. The van der Waals surface area contributed by atoms with Crippen molar-refractivity contribution in [3.63, 3.8) is 0 Å². The van der Waals surface area contributed by atoms with Gasteiger partial charge >= 0.3 is 0 Å². The Morgan fingerprint density at radius 3 is 3.00 bits per heavy atom. The molecule has 0 saturated heterocycles. The molecule has 0 radical (unpaired) electrons. The van der Waals surface area contributed by atoms with Crippen LogP contribution < -0.4 is 5.32 Å². The number of carbonyl (C=O) groups is 1. The molecule has 0 aliphatic rings. The second-order valence-electron chi connectivity index (χ2n) is 4.43. The zero-order chi connectivity index (χ0) is 13.4. The second kappa shape index (κ2) is 4.24. The summed E-state index contributed by atoms with van der Waals surface area (Å²) in [4.78, 5) is 12.1. The average molecular weight is 255 g/mol. The van der Waals surface area contributed by atoms with E-state index in [2.05, 4.69) is 20.6 Å². The number of hydrogen-bond donors (Lipinski definition) is 2. The number of anilines is 1. The molecule has 1 aromatic carbocycles. The molecule has 6 nitrogen and oxygen atoms in total. The van der Waals surface area contributed by atoms with Crippen LogP contribution in [0.2, 0.25) is 0 Å². The molecule has 6 heteroatoms. The van der Waals surface area contributed by atoms with Crippen LogP contribution >= 0.6 is 0 Å². The van der Waals surface area contributed by atoms with Crippen LogP contribution in [0.15, 0.2) is 30.6 Å². The van der Waals surface area contributed by atoms with Crippen LogP contribution in [0, 0.1) is 6.92 Å². The van der Waals surface area contributed by atoms with Gasteiger partial charge in [0.2, 0.25) is 0 Å². The third-order valence-corrected chi connectivity index (χ3v) is 2.96. The van der Waals surface area contributed by atoms with E-state index < -0.39 is 0 Å². The van der Waals surface area contributed by atoms with E-state index in [1.807, 2.05) is 25.1 Å². The number of H-pyrrole nitrogens is 1. The lowest BCUT2D eigenvalue weighted by atomic mass is 10.2. The Morgan fingerprint density at radius 2 is 2.26 bits per heavy atom. The van der Waals surface area contributed by atoms with Crippen molar-refractivity contribution in [2.24, 2.45) is 7.05 Å². The van der Waals surface area contributed by atoms with Crippen LogP contribution in [0.3, 0.4) is 0 Å². The van der Waals surface area contributed by atoms with Crippen molar-refractivity contribution in [3.05, 3.63) is 41.9 Å². The molecule has 2 N–H and O–H groups in total. The van der Waals surface area contributed by atoms with E-state index in [1.165, 1.54) is 0 Å². The molecule has 2 aromatic heterocycles. The summed E-state index contributed by atoms with van der Waals surface area (Å²) < 4.78 is 1.63. The molecule has 0 saturated carbocycles. The highest BCUT2D eigenvalue weighted by molar-refractivity contribution is 6.05. The number of carbonyl (C=O) groups excluding carboxylic acids is 1. The van der Waals surface area contributed by atoms with Gasteiger partial charge in [-0.05, 0) is 25.1 Å². The first-order chi connectivity index (χ1) is 9.13. The number of amides is 1. The van der Waals surface area contributed by atoms with Gasteiger partial charge in [-0.2, -0.15) is 10.2 Å². The van der Waals surface area contributed by atoms with Crippen molar-refractivity contribution in [3.8, 4) is 0 Å². The summed E-state index contributed by atoms with van der Waals surface area (Å²) in [7, 11) is 1.79. The minimum atomic E-state index is -0.163. The molecule has 19 heavy (non-hydrogen) atoms. The Kier molecular flexibility index (Phi) is 2.56. The molecule has 3 aromatic rings. The molecular weight excluding hydrogens is 242 g/mol. The first kappa shape index (κ1) is 11.5. The highest BCUT2D eigenvalue weighted by atomic mass is 16.1. The summed E-state index contributed by atoms with van der Waals surface area (Å²) in [6, 6.07) is 5.61. The molecule has 0 aliphatic carbocycles. The van der Waals surface area contributed by atoms with Gasteiger partial charge in [-0.1, -0.05) is 0 Å². The molecule has 0 unspecified atom stereocenters.